The van der Waals surface area contributed by atoms with Gasteiger partial charge in [0.25, 0.3) is 5.91 Å². The van der Waals surface area contributed by atoms with E-state index in [4.69, 9.17) is 10.3 Å². The SMILES string of the molecule is CCCN(C(=O)c1cc(C)no1)c1ccc(N)cc1. The molecule has 19 heavy (non-hydrogen) atoms. The average Bonchev–Trinajstić information content (AvgIpc) is 2.83. The van der Waals surface area contributed by atoms with E-state index in [1.807, 2.05) is 19.1 Å². The molecule has 0 fully saturated rings. The lowest BCUT2D eigenvalue weighted by Gasteiger charge is -2.20. The van der Waals surface area contributed by atoms with Crippen LogP contribution in [0.5, 0.6) is 0 Å². The first-order valence-corrected chi connectivity index (χ1v) is 6.22. The van der Waals surface area contributed by atoms with Crippen LogP contribution in [0.4, 0.5) is 11.4 Å². The third-order valence-electron chi connectivity index (χ3n) is 2.74. The van der Waals surface area contributed by atoms with E-state index in [2.05, 4.69) is 5.16 Å². The van der Waals surface area contributed by atoms with Gasteiger partial charge in [-0.15, -0.1) is 0 Å². The van der Waals surface area contributed by atoms with Gasteiger partial charge in [-0.3, -0.25) is 4.79 Å². The molecule has 2 N–H and O–H groups in total. The molecule has 0 saturated heterocycles. The lowest BCUT2D eigenvalue weighted by molar-refractivity contribution is 0.0951. The number of carbonyl (C=O) groups excluding carboxylic acids is 1. The number of aromatic nitrogens is 1. The molecule has 5 nitrogen and oxygen atoms in total. The Morgan fingerprint density at radius 2 is 2.05 bits per heavy atom. The normalized spacial score (nSPS) is 10.4. The van der Waals surface area contributed by atoms with Gasteiger partial charge in [-0.1, -0.05) is 12.1 Å². The van der Waals surface area contributed by atoms with Gasteiger partial charge < -0.3 is 15.2 Å². The highest BCUT2D eigenvalue weighted by Crippen LogP contribution is 2.19. The third-order valence-corrected chi connectivity index (χ3v) is 2.74. The standard InChI is InChI=1S/C14H17N3O2/c1-3-8-17(12-6-4-11(15)5-7-12)14(18)13-9-10(2)16-19-13/h4-7,9H,3,8,15H2,1-2H3. The van der Waals surface area contributed by atoms with Crippen LogP contribution in [0.15, 0.2) is 34.9 Å². The molecule has 100 valence electrons. The van der Waals surface area contributed by atoms with Crippen molar-refractivity contribution in [2.24, 2.45) is 0 Å². The van der Waals surface area contributed by atoms with E-state index < -0.39 is 0 Å². The first-order chi connectivity index (χ1) is 9.11. The van der Waals surface area contributed by atoms with Crippen LogP contribution in [-0.2, 0) is 0 Å². The zero-order valence-electron chi connectivity index (χ0n) is 11.1. The molecule has 0 spiro atoms. The smallest absolute Gasteiger partial charge is 0.296 e. The Kier molecular flexibility index (Phi) is 3.85. The van der Waals surface area contributed by atoms with Crippen molar-refractivity contribution in [1.29, 1.82) is 0 Å². The summed E-state index contributed by atoms with van der Waals surface area (Å²) in [7, 11) is 0. The average molecular weight is 259 g/mol. The molecule has 0 saturated carbocycles. The van der Waals surface area contributed by atoms with Crippen LogP contribution in [0, 0.1) is 6.92 Å². The van der Waals surface area contributed by atoms with Gasteiger partial charge in [-0.05, 0) is 37.6 Å². The summed E-state index contributed by atoms with van der Waals surface area (Å²) in [5.74, 6) is 0.0648. The quantitative estimate of drug-likeness (QED) is 0.857. The van der Waals surface area contributed by atoms with Gasteiger partial charge in [0, 0.05) is 24.0 Å². The maximum atomic E-state index is 12.4. The van der Waals surface area contributed by atoms with Crippen LogP contribution >= 0.6 is 0 Å². The highest BCUT2D eigenvalue weighted by atomic mass is 16.5. The second-order valence-electron chi connectivity index (χ2n) is 4.38. The number of rotatable bonds is 4. The van der Waals surface area contributed by atoms with Crippen LogP contribution in [-0.4, -0.2) is 17.6 Å². The summed E-state index contributed by atoms with van der Waals surface area (Å²) in [6.45, 7) is 4.42. The van der Waals surface area contributed by atoms with Crippen LogP contribution in [0.25, 0.3) is 0 Å². The fourth-order valence-electron chi connectivity index (χ4n) is 1.82. The van der Waals surface area contributed by atoms with Crippen LogP contribution < -0.4 is 10.6 Å². The molecule has 2 aromatic rings. The van der Waals surface area contributed by atoms with E-state index in [-0.39, 0.29) is 11.7 Å². The molecule has 0 atom stereocenters. The summed E-state index contributed by atoms with van der Waals surface area (Å²) in [6, 6.07) is 8.84. The van der Waals surface area contributed by atoms with Crippen molar-refractivity contribution in [3.63, 3.8) is 0 Å². The van der Waals surface area contributed by atoms with Crippen molar-refractivity contribution >= 4 is 17.3 Å². The Bertz CT molecular complexity index is 560. The van der Waals surface area contributed by atoms with Gasteiger partial charge in [-0.25, -0.2) is 0 Å². The molecule has 1 aromatic carbocycles. The molecular formula is C14H17N3O2. The van der Waals surface area contributed by atoms with Crippen molar-refractivity contribution in [2.75, 3.05) is 17.2 Å². The summed E-state index contributed by atoms with van der Waals surface area (Å²) < 4.78 is 5.03. The Hall–Kier alpha value is -2.30. The van der Waals surface area contributed by atoms with Gasteiger partial charge in [-0.2, -0.15) is 0 Å². The number of anilines is 2. The number of aryl methyl sites for hydroxylation is 1. The molecule has 1 heterocycles. The first kappa shape index (κ1) is 13.1. The van der Waals surface area contributed by atoms with E-state index in [1.54, 1.807) is 30.0 Å². The number of benzene rings is 1. The minimum absolute atomic E-state index is 0.188. The fraction of sp³-hybridized carbons (Fsp3) is 0.286. The maximum Gasteiger partial charge on any atom is 0.296 e. The molecule has 5 heteroatoms. The monoisotopic (exact) mass is 259 g/mol. The minimum atomic E-state index is -0.188. The number of nitrogens with two attached hydrogens (primary N) is 1. The van der Waals surface area contributed by atoms with Crippen molar-refractivity contribution < 1.29 is 9.32 Å². The highest BCUT2D eigenvalue weighted by Gasteiger charge is 2.20. The van der Waals surface area contributed by atoms with Crippen molar-refractivity contribution in [3.8, 4) is 0 Å². The first-order valence-electron chi connectivity index (χ1n) is 6.22. The third kappa shape index (κ3) is 2.93. The number of nitrogens with zero attached hydrogens (tertiary/aromatic N) is 2. The number of hydrogen-bond acceptors (Lipinski definition) is 4. The van der Waals surface area contributed by atoms with Crippen LogP contribution in [0.2, 0.25) is 0 Å². The lowest BCUT2D eigenvalue weighted by Crippen LogP contribution is -2.31. The van der Waals surface area contributed by atoms with Gasteiger partial charge in [0.05, 0.1) is 5.69 Å². The maximum absolute atomic E-state index is 12.4. The molecular weight excluding hydrogens is 242 g/mol. The van der Waals surface area contributed by atoms with E-state index in [0.29, 0.717) is 17.9 Å². The van der Waals surface area contributed by atoms with Gasteiger partial charge in [0.15, 0.2) is 0 Å². The molecule has 2 rings (SSSR count). The molecule has 0 aliphatic heterocycles. The molecule has 0 bridgehead atoms. The summed E-state index contributed by atoms with van der Waals surface area (Å²) in [5, 5.41) is 3.75. The Morgan fingerprint density at radius 3 is 2.58 bits per heavy atom. The van der Waals surface area contributed by atoms with Crippen molar-refractivity contribution in [1.82, 2.24) is 5.16 Å². The van der Waals surface area contributed by atoms with Gasteiger partial charge in [0.2, 0.25) is 5.76 Å². The summed E-state index contributed by atoms with van der Waals surface area (Å²) in [5.41, 5.74) is 7.82. The van der Waals surface area contributed by atoms with E-state index in [9.17, 15) is 4.79 Å². The van der Waals surface area contributed by atoms with E-state index in [1.165, 1.54) is 0 Å². The summed E-state index contributed by atoms with van der Waals surface area (Å²) in [4.78, 5) is 14.1. The van der Waals surface area contributed by atoms with E-state index >= 15 is 0 Å². The molecule has 1 aromatic heterocycles. The van der Waals surface area contributed by atoms with Crippen molar-refractivity contribution in [3.05, 3.63) is 41.8 Å². The van der Waals surface area contributed by atoms with Crippen LogP contribution in [0.1, 0.15) is 29.6 Å². The fourth-order valence-corrected chi connectivity index (χ4v) is 1.82. The second kappa shape index (κ2) is 5.56. The number of amides is 1. The van der Waals surface area contributed by atoms with Gasteiger partial charge >= 0.3 is 0 Å². The molecule has 1 amide bonds. The van der Waals surface area contributed by atoms with Crippen LogP contribution in [0.3, 0.4) is 0 Å². The Labute approximate surface area is 112 Å². The molecule has 0 radical (unpaired) electrons. The second-order valence-corrected chi connectivity index (χ2v) is 4.38. The lowest BCUT2D eigenvalue weighted by atomic mass is 10.2. The highest BCUT2D eigenvalue weighted by molar-refractivity contribution is 6.04. The predicted octanol–water partition coefficient (Wildman–Crippen LogP) is 2.62. The van der Waals surface area contributed by atoms with Gasteiger partial charge in [0.1, 0.15) is 0 Å². The summed E-state index contributed by atoms with van der Waals surface area (Å²) >= 11 is 0. The molecule has 0 unspecified atom stereocenters. The molecule has 0 aliphatic carbocycles. The predicted molar refractivity (Wildman–Crippen MR) is 74.1 cm³/mol. The zero-order chi connectivity index (χ0) is 13.8. The molecule has 0 aliphatic rings. The number of carbonyl (C=O) groups is 1. The number of hydrogen-bond donors (Lipinski definition) is 1. The topological polar surface area (TPSA) is 72.4 Å². The Morgan fingerprint density at radius 1 is 1.37 bits per heavy atom. The largest absolute Gasteiger partial charge is 0.399 e. The van der Waals surface area contributed by atoms with Crippen molar-refractivity contribution in [2.45, 2.75) is 20.3 Å². The zero-order valence-corrected chi connectivity index (χ0v) is 11.1. The van der Waals surface area contributed by atoms with E-state index in [0.717, 1.165) is 12.1 Å². The summed E-state index contributed by atoms with van der Waals surface area (Å²) in [6.07, 6.45) is 0.850. The Balaban J connectivity index is 2.29. The minimum Gasteiger partial charge on any atom is -0.399 e. The number of nitrogen functional groups attached to an aromatic ring is 1.